The molecular weight excluding hydrogens is 99.5 g/mol. The van der Waals surface area contributed by atoms with E-state index in [0.29, 0.717) is 5.88 Å². The van der Waals surface area contributed by atoms with Gasteiger partial charge in [-0.15, -0.1) is 24.8 Å². The second-order valence-corrected chi connectivity index (χ2v) is 0.791. The van der Waals surface area contributed by atoms with Crippen molar-refractivity contribution in [1.29, 1.82) is 0 Å². The molecule has 0 bridgehead atoms. The average Bonchev–Trinajstić information content (AvgIpc) is 1.72. The first-order valence-corrected chi connectivity index (χ1v) is 2.12. The second kappa shape index (κ2) is 20.1. The number of alkyl halides is 1. The van der Waals surface area contributed by atoms with Crippen LogP contribution in [0.3, 0.4) is 0 Å². The predicted octanol–water partition coefficient (Wildman–Crippen LogP) is 1.02. The Bertz CT molecular complexity index is 15.0. The van der Waals surface area contributed by atoms with Crippen LogP contribution >= 0.6 is 11.6 Å². The van der Waals surface area contributed by atoms with Crippen LogP contribution in [0.5, 0.6) is 0 Å². The van der Waals surface area contributed by atoms with E-state index in [1.165, 1.54) is 0 Å². The molecule has 0 rings (SSSR count). The van der Waals surface area contributed by atoms with Crippen LogP contribution in [-0.2, 0) is 0 Å². The van der Waals surface area contributed by atoms with E-state index in [9.17, 15) is 0 Å². The highest BCUT2D eigenvalue weighted by atomic mass is 35.5. The van der Waals surface area contributed by atoms with Gasteiger partial charge in [-0.25, -0.2) is 0 Å². The van der Waals surface area contributed by atoms with E-state index in [1.807, 2.05) is 0 Å². The van der Waals surface area contributed by atoms with Crippen molar-refractivity contribution in [1.82, 2.24) is 0 Å². The second-order valence-electron chi connectivity index (χ2n) is 0.413. The minimum atomic E-state index is 0.0849. The molecule has 0 saturated heterocycles. The van der Waals surface area contributed by atoms with Gasteiger partial charge in [0.1, 0.15) is 0 Å². The van der Waals surface area contributed by atoms with Gasteiger partial charge in [-0.05, 0) is 0 Å². The first kappa shape index (κ1) is 9.37. The molecule has 0 aliphatic heterocycles. The Morgan fingerprint density at radius 1 is 1.50 bits per heavy atom. The van der Waals surface area contributed by atoms with Crippen LogP contribution in [0, 0.1) is 0 Å². The number of aliphatic hydroxyl groups excluding tert-OH is 1. The van der Waals surface area contributed by atoms with E-state index < -0.39 is 0 Å². The summed E-state index contributed by atoms with van der Waals surface area (Å²) in [5, 5.41) is 7.74. The van der Waals surface area contributed by atoms with Crippen molar-refractivity contribution < 1.29 is 5.11 Å². The molecule has 0 heterocycles. The number of hydrogen-bond acceptors (Lipinski definition) is 1. The van der Waals surface area contributed by atoms with Crippen LogP contribution in [0.15, 0.2) is 13.2 Å². The Labute approximate surface area is 43.2 Å². The van der Waals surface area contributed by atoms with E-state index in [0.717, 1.165) is 0 Å². The molecule has 0 radical (unpaired) electrons. The summed E-state index contributed by atoms with van der Waals surface area (Å²) in [4.78, 5) is 0. The first-order chi connectivity index (χ1) is 2.91. The lowest BCUT2D eigenvalue weighted by molar-refractivity contribution is 0.321. The van der Waals surface area contributed by atoms with Gasteiger partial charge in [0.2, 0.25) is 0 Å². The Kier molecular flexibility index (Phi) is 31.3. The Morgan fingerprint density at radius 2 is 1.67 bits per heavy atom. The fraction of sp³-hybridized carbons (Fsp3) is 0.500. The van der Waals surface area contributed by atoms with Crippen molar-refractivity contribution in [2.75, 3.05) is 12.5 Å². The molecule has 0 aliphatic carbocycles. The summed E-state index contributed by atoms with van der Waals surface area (Å²) in [5.74, 6) is 0.347. The molecule has 6 heavy (non-hydrogen) atoms. The Hall–Kier alpha value is -0.0100. The SMILES string of the molecule is C=C.OCCCl. The van der Waals surface area contributed by atoms with Crippen LogP contribution in [0.25, 0.3) is 0 Å². The molecule has 0 aromatic heterocycles. The van der Waals surface area contributed by atoms with Crippen LogP contribution in [0.1, 0.15) is 0 Å². The number of rotatable bonds is 1. The van der Waals surface area contributed by atoms with Crippen molar-refractivity contribution in [3.8, 4) is 0 Å². The zero-order valence-corrected chi connectivity index (χ0v) is 4.41. The van der Waals surface area contributed by atoms with Crippen LogP contribution in [0.4, 0.5) is 0 Å². The van der Waals surface area contributed by atoms with Gasteiger partial charge in [-0.2, -0.15) is 0 Å². The highest BCUT2D eigenvalue weighted by Crippen LogP contribution is 1.63. The minimum absolute atomic E-state index is 0.0849. The lowest BCUT2D eigenvalue weighted by Crippen LogP contribution is -1.76. The molecule has 0 amide bonds. The summed E-state index contributed by atoms with van der Waals surface area (Å²) in [5.41, 5.74) is 0. The third-order valence-corrected chi connectivity index (χ3v) is 0.254. The van der Waals surface area contributed by atoms with Crippen molar-refractivity contribution >= 4 is 11.6 Å². The molecule has 38 valence electrons. The molecule has 0 fully saturated rings. The van der Waals surface area contributed by atoms with Gasteiger partial charge < -0.3 is 5.11 Å². The summed E-state index contributed by atoms with van der Waals surface area (Å²) in [6, 6.07) is 0. The lowest BCUT2D eigenvalue weighted by atomic mass is 10.9. The van der Waals surface area contributed by atoms with Crippen molar-refractivity contribution in [3.63, 3.8) is 0 Å². The van der Waals surface area contributed by atoms with Crippen molar-refractivity contribution in [2.24, 2.45) is 0 Å². The zero-order valence-electron chi connectivity index (χ0n) is 3.65. The van der Waals surface area contributed by atoms with E-state index in [2.05, 4.69) is 13.2 Å². The van der Waals surface area contributed by atoms with Gasteiger partial charge in [0.15, 0.2) is 0 Å². The van der Waals surface area contributed by atoms with Gasteiger partial charge in [-0.3, -0.25) is 0 Å². The molecular formula is C4H9ClO. The number of hydrogen-bond donors (Lipinski definition) is 1. The third-order valence-electron chi connectivity index (χ3n) is 0.0845. The fourth-order valence-corrected chi connectivity index (χ4v) is 0. The number of halogens is 1. The van der Waals surface area contributed by atoms with Gasteiger partial charge in [0, 0.05) is 5.88 Å². The van der Waals surface area contributed by atoms with E-state index >= 15 is 0 Å². The molecule has 1 nitrogen and oxygen atoms in total. The van der Waals surface area contributed by atoms with Crippen LogP contribution < -0.4 is 0 Å². The average molecular weight is 109 g/mol. The quantitative estimate of drug-likeness (QED) is 0.393. The standard InChI is InChI=1S/C2H5ClO.C2H4/c3-1-2-4;1-2/h4H,1-2H2;1-2H2. The molecule has 0 atom stereocenters. The zero-order chi connectivity index (χ0) is 5.41. The maximum atomic E-state index is 7.74. The highest BCUT2D eigenvalue weighted by molar-refractivity contribution is 6.17. The fourth-order valence-electron chi connectivity index (χ4n) is 0. The van der Waals surface area contributed by atoms with E-state index in [-0.39, 0.29) is 6.61 Å². The van der Waals surface area contributed by atoms with Gasteiger partial charge >= 0.3 is 0 Å². The topological polar surface area (TPSA) is 20.2 Å². The van der Waals surface area contributed by atoms with E-state index in [1.54, 1.807) is 0 Å². The van der Waals surface area contributed by atoms with E-state index in [4.69, 9.17) is 16.7 Å². The summed E-state index contributed by atoms with van der Waals surface area (Å²) in [6.45, 7) is 6.08. The van der Waals surface area contributed by atoms with Gasteiger partial charge in [-0.1, -0.05) is 0 Å². The Morgan fingerprint density at radius 3 is 1.67 bits per heavy atom. The van der Waals surface area contributed by atoms with Crippen LogP contribution in [-0.4, -0.2) is 17.6 Å². The molecule has 0 aromatic carbocycles. The predicted molar refractivity (Wildman–Crippen MR) is 29.1 cm³/mol. The monoisotopic (exact) mass is 108 g/mol. The molecule has 0 saturated carbocycles. The molecule has 0 spiro atoms. The lowest BCUT2D eigenvalue weighted by Gasteiger charge is -1.67. The normalized spacial score (nSPS) is 5.67. The summed E-state index contributed by atoms with van der Waals surface area (Å²) in [7, 11) is 0. The molecule has 2 heteroatoms. The largest absolute Gasteiger partial charge is 0.395 e. The van der Waals surface area contributed by atoms with Gasteiger partial charge in [0.05, 0.1) is 6.61 Å². The van der Waals surface area contributed by atoms with Crippen LogP contribution in [0.2, 0.25) is 0 Å². The highest BCUT2D eigenvalue weighted by Gasteiger charge is 1.60. The Balaban J connectivity index is 0. The summed E-state index contributed by atoms with van der Waals surface area (Å²) < 4.78 is 0. The smallest absolute Gasteiger partial charge is 0.0566 e. The summed E-state index contributed by atoms with van der Waals surface area (Å²) >= 11 is 4.94. The third kappa shape index (κ3) is 36.4. The minimum Gasteiger partial charge on any atom is -0.395 e. The molecule has 0 aliphatic rings. The van der Waals surface area contributed by atoms with Crippen molar-refractivity contribution in [2.45, 2.75) is 0 Å². The molecule has 0 unspecified atom stereocenters. The maximum Gasteiger partial charge on any atom is 0.0566 e. The molecule has 1 N–H and O–H groups in total. The van der Waals surface area contributed by atoms with Gasteiger partial charge in [0.25, 0.3) is 0 Å². The first-order valence-electron chi connectivity index (χ1n) is 1.58. The maximum absolute atomic E-state index is 7.74. The summed E-state index contributed by atoms with van der Waals surface area (Å²) in [6.07, 6.45) is 0. The molecule has 0 aromatic rings. The van der Waals surface area contributed by atoms with Crippen molar-refractivity contribution in [3.05, 3.63) is 13.2 Å². The number of aliphatic hydroxyl groups is 1.